The van der Waals surface area contributed by atoms with Gasteiger partial charge in [0.05, 0.1) is 29.0 Å². The fraction of sp³-hybridized carbons (Fsp3) is 0.259. The lowest BCUT2D eigenvalue weighted by molar-refractivity contribution is 0.319. The number of likely N-dealkylation sites (tertiary alicyclic amines) is 1. The lowest BCUT2D eigenvalue weighted by atomic mass is 9.95. The van der Waals surface area contributed by atoms with Crippen LogP contribution in [0.5, 0.6) is 0 Å². The van der Waals surface area contributed by atoms with Crippen LogP contribution < -0.4 is 5.73 Å². The highest BCUT2D eigenvalue weighted by atomic mass is 15.2. The molecule has 5 nitrogen and oxygen atoms in total. The molecule has 2 aromatic carbocycles. The molecule has 1 fully saturated rings. The summed E-state index contributed by atoms with van der Waals surface area (Å²) in [6.07, 6.45) is 3.04. The Bertz CT molecular complexity index is 1310. The summed E-state index contributed by atoms with van der Waals surface area (Å²) >= 11 is 0. The first kappa shape index (κ1) is 20.4. The Morgan fingerprint density at radius 2 is 1.81 bits per heavy atom. The largest absolute Gasteiger partial charge is 0.345 e. The first-order valence-corrected chi connectivity index (χ1v) is 11.1. The zero-order valence-electron chi connectivity index (χ0n) is 18.5. The molecule has 5 rings (SSSR count). The number of nitriles is 1. The van der Waals surface area contributed by atoms with Gasteiger partial charge in [0.2, 0.25) is 0 Å². The second kappa shape index (κ2) is 8.23. The molecule has 2 aromatic heterocycles. The fourth-order valence-electron chi connectivity index (χ4n) is 4.67. The van der Waals surface area contributed by atoms with E-state index < -0.39 is 0 Å². The van der Waals surface area contributed by atoms with Gasteiger partial charge in [0.1, 0.15) is 0 Å². The minimum atomic E-state index is 0.272. The molecule has 0 spiro atoms. The van der Waals surface area contributed by atoms with E-state index in [4.69, 9.17) is 10.7 Å². The van der Waals surface area contributed by atoms with Gasteiger partial charge < -0.3 is 10.3 Å². The molecule has 32 heavy (non-hydrogen) atoms. The summed E-state index contributed by atoms with van der Waals surface area (Å²) in [5.74, 6) is 0. The maximum Gasteiger partial charge on any atom is 0.0991 e. The number of fused-ring (bicyclic) bond motifs is 1. The molecule has 1 saturated heterocycles. The molecule has 4 aromatic rings. The zero-order chi connectivity index (χ0) is 22.2. The number of hydrogen-bond acceptors (Lipinski definition) is 4. The van der Waals surface area contributed by atoms with Crippen molar-refractivity contribution in [3.8, 4) is 28.5 Å². The van der Waals surface area contributed by atoms with Crippen molar-refractivity contribution >= 4 is 10.9 Å². The third kappa shape index (κ3) is 3.69. The van der Waals surface area contributed by atoms with Crippen molar-refractivity contribution in [1.29, 1.82) is 5.26 Å². The van der Waals surface area contributed by atoms with Crippen LogP contribution in [0.1, 0.15) is 23.2 Å². The van der Waals surface area contributed by atoms with Gasteiger partial charge in [0, 0.05) is 54.9 Å². The van der Waals surface area contributed by atoms with Crippen molar-refractivity contribution in [2.75, 3.05) is 13.1 Å². The number of pyridine rings is 1. The van der Waals surface area contributed by atoms with Gasteiger partial charge in [-0.2, -0.15) is 5.26 Å². The van der Waals surface area contributed by atoms with Crippen molar-refractivity contribution in [3.05, 3.63) is 77.6 Å². The van der Waals surface area contributed by atoms with E-state index in [0.717, 1.165) is 54.0 Å². The van der Waals surface area contributed by atoms with Gasteiger partial charge in [-0.15, -0.1) is 0 Å². The summed E-state index contributed by atoms with van der Waals surface area (Å²) in [5, 5.41) is 10.4. The van der Waals surface area contributed by atoms with E-state index in [2.05, 4.69) is 59.8 Å². The number of benzene rings is 2. The maximum absolute atomic E-state index is 9.24. The molecular formula is C27H27N5. The average Bonchev–Trinajstić information content (AvgIpc) is 3.36. The molecule has 3 heterocycles. The van der Waals surface area contributed by atoms with Gasteiger partial charge in [-0.05, 0) is 37.1 Å². The predicted octanol–water partition coefficient (Wildman–Crippen LogP) is 4.62. The third-order valence-electron chi connectivity index (χ3n) is 6.52. The van der Waals surface area contributed by atoms with E-state index in [0.29, 0.717) is 5.56 Å². The van der Waals surface area contributed by atoms with Gasteiger partial charge >= 0.3 is 0 Å². The van der Waals surface area contributed by atoms with E-state index in [1.165, 1.54) is 16.6 Å². The van der Waals surface area contributed by atoms with E-state index in [1.54, 1.807) is 0 Å². The van der Waals surface area contributed by atoms with Gasteiger partial charge in [-0.1, -0.05) is 42.0 Å². The summed E-state index contributed by atoms with van der Waals surface area (Å²) in [4.78, 5) is 7.35. The molecule has 0 amide bonds. The van der Waals surface area contributed by atoms with Crippen LogP contribution >= 0.6 is 0 Å². The van der Waals surface area contributed by atoms with Crippen molar-refractivity contribution in [3.63, 3.8) is 0 Å². The SMILES string of the molecule is Cc1ccc(-c2ncc3c(cc(CN4CC[C@H](N)C4)n3C)c2-c2ccc(C#N)cc2)cc1. The van der Waals surface area contributed by atoms with Crippen LogP contribution in [-0.4, -0.2) is 33.6 Å². The normalized spacial score (nSPS) is 16.5. The molecule has 0 saturated carbocycles. The van der Waals surface area contributed by atoms with E-state index in [1.807, 2.05) is 30.5 Å². The Morgan fingerprint density at radius 1 is 1.09 bits per heavy atom. The Hall–Kier alpha value is -3.46. The molecule has 1 atom stereocenters. The van der Waals surface area contributed by atoms with Crippen LogP contribution in [0.2, 0.25) is 0 Å². The van der Waals surface area contributed by atoms with Crippen molar-refractivity contribution in [2.45, 2.75) is 25.9 Å². The molecule has 2 N–H and O–H groups in total. The first-order chi connectivity index (χ1) is 15.5. The van der Waals surface area contributed by atoms with E-state index >= 15 is 0 Å². The van der Waals surface area contributed by atoms with Gasteiger partial charge in [0.15, 0.2) is 0 Å². The number of aromatic nitrogens is 2. The molecule has 0 aliphatic carbocycles. The summed E-state index contributed by atoms with van der Waals surface area (Å²) in [6.45, 7) is 4.95. The molecule has 0 bridgehead atoms. The zero-order valence-corrected chi connectivity index (χ0v) is 18.5. The Morgan fingerprint density at radius 3 is 2.47 bits per heavy atom. The molecule has 5 heteroatoms. The highest BCUT2D eigenvalue weighted by Gasteiger charge is 2.22. The van der Waals surface area contributed by atoms with E-state index in [9.17, 15) is 5.26 Å². The van der Waals surface area contributed by atoms with Gasteiger partial charge in [-0.3, -0.25) is 9.88 Å². The Kier molecular flexibility index (Phi) is 5.26. The lowest BCUT2D eigenvalue weighted by Gasteiger charge is -2.15. The number of hydrogen-bond donors (Lipinski definition) is 1. The van der Waals surface area contributed by atoms with Crippen LogP contribution in [0.4, 0.5) is 0 Å². The van der Waals surface area contributed by atoms with Crippen molar-refractivity contribution in [1.82, 2.24) is 14.5 Å². The number of aryl methyl sites for hydroxylation is 2. The topological polar surface area (TPSA) is 70.9 Å². The molecule has 1 aliphatic heterocycles. The highest BCUT2D eigenvalue weighted by molar-refractivity contribution is 6.02. The van der Waals surface area contributed by atoms with Crippen LogP contribution in [0.3, 0.4) is 0 Å². The number of nitrogens with zero attached hydrogens (tertiary/aromatic N) is 4. The molecular weight excluding hydrogens is 394 g/mol. The summed E-state index contributed by atoms with van der Waals surface area (Å²) < 4.78 is 2.25. The summed E-state index contributed by atoms with van der Waals surface area (Å²) in [6, 6.07) is 21.1. The second-order valence-electron chi connectivity index (χ2n) is 8.81. The standard InChI is InChI=1S/C27H27N5/c1-18-3-7-21(8-4-18)27-26(20-9-5-19(14-28)6-10-20)24-13-23(31(2)25(24)15-30-27)17-32-12-11-22(29)16-32/h3-10,13,15,22H,11-12,16-17,29H2,1-2H3/t22-/m0/s1. The number of rotatable bonds is 4. The van der Waals surface area contributed by atoms with Crippen LogP contribution in [0.15, 0.2) is 60.8 Å². The lowest BCUT2D eigenvalue weighted by Crippen LogP contribution is -2.26. The second-order valence-corrected chi connectivity index (χ2v) is 8.81. The third-order valence-corrected chi connectivity index (χ3v) is 6.52. The van der Waals surface area contributed by atoms with Crippen molar-refractivity contribution in [2.24, 2.45) is 12.8 Å². The van der Waals surface area contributed by atoms with Crippen LogP contribution in [0, 0.1) is 18.3 Å². The fourth-order valence-corrected chi connectivity index (χ4v) is 4.67. The maximum atomic E-state index is 9.24. The monoisotopic (exact) mass is 421 g/mol. The predicted molar refractivity (Wildman–Crippen MR) is 129 cm³/mol. The molecule has 1 aliphatic rings. The average molecular weight is 422 g/mol. The van der Waals surface area contributed by atoms with Gasteiger partial charge in [0.25, 0.3) is 0 Å². The minimum absolute atomic E-state index is 0.272. The van der Waals surface area contributed by atoms with Crippen LogP contribution in [0.25, 0.3) is 33.3 Å². The smallest absolute Gasteiger partial charge is 0.0991 e. The Labute approximate surface area is 188 Å². The quantitative estimate of drug-likeness (QED) is 0.522. The van der Waals surface area contributed by atoms with E-state index in [-0.39, 0.29) is 6.04 Å². The molecule has 160 valence electrons. The van der Waals surface area contributed by atoms with Gasteiger partial charge in [-0.25, -0.2) is 0 Å². The molecule has 0 radical (unpaired) electrons. The first-order valence-electron chi connectivity index (χ1n) is 11.1. The minimum Gasteiger partial charge on any atom is -0.345 e. The van der Waals surface area contributed by atoms with Crippen LogP contribution in [-0.2, 0) is 13.6 Å². The number of nitrogens with two attached hydrogens (primary N) is 1. The Balaban J connectivity index is 1.69. The summed E-state index contributed by atoms with van der Waals surface area (Å²) in [7, 11) is 2.11. The highest BCUT2D eigenvalue weighted by Crippen LogP contribution is 2.38. The summed E-state index contributed by atoms with van der Waals surface area (Å²) in [5.41, 5.74) is 14.6. The molecule has 0 unspecified atom stereocenters. The van der Waals surface area contributed by atoms with Crippen molar-refractivity contribution < 1.29 is 0 Å².